The Balaban J connectivity index is 1.97. The molecule has 0 radical (unpaired) electrons. The van der Waals surface area contributed by atoms with Crippen molar-refractivity contribution in [1.29, 1.82) is 0 Å². The van der Waals surface area contributed by atoms with E-state index in [9.17, 15) is 0 Å². The number of hydrogen-bond donors (Lipinski definition) is 1. The van der Waals surface area contributed by atoms with E-state index in [1.54, 1.807) is 0 Å². The van der Waals surface area contributed by atoms with Crippen LogP contribution < -0.4 is 21.3 Å². The molecule has 2 N–H and O–H groups in total. The van der Waals surface area contributed by atoms with Crippen LogP contribution in [-0.4, -0.2) is 29.0 Å². The Morgan fingerprint density at radius 1 is 0.781 bits per heavy atom. The Hall–Kier alpha value is -2.25. The van der Waals surface area contributed by atoms with Crippen molar-refractivity contribution in [3.63, 3.8) is 0 Å². The fourth-order valence-electron chi connectivity index (χ4n) is 4.58. The molecule has 0 saturated carbocycles. The third-order valence-electron chi connectivity index (χ3n) is 6.64. The first-order valence-electron chi connectivity index (χ1n) is 11.4. The average Bonchev–Trinajstić information content (AvgIpc) is 2.80. The lowest BCUT2D eigenvalue weighted by molar-refractivity contribution is 0.286. The fourth-order valence-corrected chi connectivity index (χ4v) is 11.6. The van der Waals surface area contributed by atoms with Crippen LogP contribution in [-0.2, 0) is 4.43 Å². The normalized spacial score (nSPS) is 13.6. The molecule has 3 rings (SSSR count). The van der Waals surface area contributed by atoms with Crippen molar-refractivity contribution >= 4 is 32.0 Å². The van der Waals surface area contributed by atoms with Gasteiger partial charge in [-0.3, -0.25) is 0 Å². The second-order valence-corrected chi connectivity index (χ2v) is 18.9. The molecule has 0 fully saturated rings. The van der Waals surface area contributed by atoms with Gasteiger partial charge in [-0.25, -0.2) is 0 Å². The molecule has 2 nitrogen and oxygen atoms in total. The van der Waals surface area contributed by atoms with Crippen LogP contribution in [0.3, 0.4) is 0 Å². The van der Waals surface area contributed by atoms with Gasteiger partial charge in [0.15, 0.2) is 0 Å². The first kappa shape index (κ1) is 24.4. The first-order valence-corrected chi connectivity index (χ1v) is 16.3. The lowest BCUT2D eigenvalue weighted by Crippen LogP contribution is -2.67. The summed E-state index contributed by atoms with van der Waals surface area (Å²) in [7, 11) is -4.53. The SMILES string of the molecule is C=C([C@H](N)CO[Si](c1ccccc1)(c1ccccc1)C(C)(C)C)[Si](C)(C)c1ccccc1. The van der Waals surface area contributed by atoms with E-state index >= 15 is 0 Å². The van der Waals surface area contributed by atoms with Gasteiger partial charge in [0.2, 0.25) is 0 Å². The van der Waals surface area contributed by atoms with Gasteiger partial charge < -0.3 is 10.2 Å². The molecule has 0 aliphatic heterocycles. The van der Waals surface area contributed by atoms with Gasteiger partial charge in [0, 0.05) is 6.04 Å². The zero-order valence-corrected chi connectivity index (χ0v) is 22.1. The van der Waals surface area contributed by atoms with Crippen LogP contribution in [0.1, 0.15) is 20.8 Å². The minimum atomic E-state index is -2.60. The highest BCUT2D eigenvalue weighted by Crippen LogP contribution is 2.37. The molecule has 0 unspecified atom stereocenters. The summed E-state index contributed by atoms with van der Waals surface area (Å²) in [5.41, 5.74) is 6.78. The second-order valence-electron chi connectivity index (χ2n) is 10.1. The Bertz CT molecular complexity index is 972. The smallest absolute Gasteiger partial charge is 0.261 e. The molecular weight excluding hydrogens is 422 g/mol. The highest BCUT2D eigenvalue weighted by atomic mass is 28.4. The molecule has 4 heteroatoms. The van der Waals surface area contributed by atoms with Crippen molar-refractivity contribution < 1.29 is 4.43 Å². The van der Waals surface area contributed by atoms with Crippen LogP contribution in [0.15, 0.2) is 103 Å². The van der Waals surface area contributed by atoms with Crippen molar-refractivity contribution in [2.75, 3.05) is 6.61 Å². The van der Waals surface area contributed by atoms with E-state index in [0.29, 0.717) is 6.61 Å². The van der Waals surface area contributed by atoms with Crippen molar-refractivity contribution in [2.45, 2.75) is 44.9 Å². The zero-order valence-electron chi connectivity index (χ0n) is 20.1. The Morgan fingerprint density at radius 3 is 1.53 bits per heavy atom. The molecular formula is C28H37NOSi2. The lowest BCUT2D eigenvalue weighted by Gasteiger charge is -2.44. The summed E-state index contributed by atoms with van der Waals surface area (Å²) in [4.78, 5) is 0. The van der Waals surface area contributed by atoms with Crippen molar-refractivity contribution in [1.82, 2.24) is 0 Å². The summed E-state index contributed by atoms with van der Waals surface area (Å²) >= 11 is 0. The van der Waals surface area contributed by atoms with Gasteiger partial charge >= 0.3 is 0 Å². The molecule has 0 aliphatic rings. The maximum atomic E-state index is 7.06. The summed E-state index contributed by atoms with van der Waals surface area (Å²) in [5.74, 6) is 0. The summed E-state index contributed by atoms with van der Waals surface area (Å²) in [6, 6.07) is 31.9. The summed E-state index contributed by atoms with van der Waals surface area (Å²) in [6.07, 6.45) is 0. The standard InChI is InChI=1S/C28H37NOSi2/c1-23(31(5,6)24-16-10-7-11-17-24)27(29)22-30-32(28(2,3)4,25-18-12-8-13-19-25)26-20-14-9-15-21-26/h7-21,27H,1,22,29H2,2-6H3/t27-/m1/s1. The molecule has 0 heterocycles. The molecule has 0 spiro atoms. The lowest BCUT2D eigenvalue weighted by atomic mass is 10.2. The van der Waals surface area contributed by atoms with Gasteiger partial charge in [-0.1, -0.05) is 135 Å². The Labute approximate surface area is 196 Å². The van der Waals surface area contributed by atoms with Crippen LogP contribution in [0.25, 0.3) is 0 Å². The zero-order chi connectivity index (χ0) is 23.4. The van der Waals surface area contributed by atoms with Crippen molar-refractivity contribution in [3.8, 4) is 0 Å². The van der Waals surface area contributed by atoms with Gasteiger partial charge in [0.05, 0.1) is 6.61 Å². The average molecular weight is 460 g/mol. The minimum Gasteiger partial charge on any atom is -0.406 e. The molecule has 168 valence electrons. The predicted octanol–water partition coefficient (Wildman–Crippen LogP) is 4.60. The van der Waals surface area contributed by atoms with E-state index in [-0.39, 0.29) is 11.1 Å². The summed E-state index contributed by atoms with van der Waals surface area (Å²) < 4.78 is 7.06. The van der Waals surface area contributed by atoms with Crippen LogP contribution in [0.5, 0.6) is 0 Å². The highest BCUT2D eigenvalue weighted by Gasteiger charge is 2.50. The van der Waals surface area contributed by atoms with Crippen LogP contribution in [0, 0.1) is 0 Å². The quantitative estimate of drug-likeness (QED) is 0.500. The molecule has 0 bridgehead atoms. The number of hydrogen-bond acceptors (Lipinski definition) is 2. The van der Waals surface area contributed by atoms with Crippen LogP contribution in [0.4, 0.5) is 0 Å². The van der Waals surface area contributed by atoms with E-state index in [1.807, 2.05) is 0 Å². The molecule has 0 aromatic heterocycles. The van der Waals surface area contributed by atoms with Gasteiger partial charge in [0.25, 0.3) is 8.32 Å². The molecule has 3 aromatic carbocycles. The minimum absolute atomic E-state index is 0.0663. The maximum absolute atomic E-state index is 7.06. The van der Waals surface area contributed by atoms with E-state index in [4.69, 9.17) is 10.2 Å². The molecule has 0 saturated heterocycles. The predicted molar refractivity (Wildman–Crippen MR) is 144 cm³/mol. The largest absolute Gasteiger partial charge is 0.406 e. The highest BCUT2D eigenvalue weighted by molar-refractivity contribution is 6.99. The molecule has 3 aromatic rings. The van der Waals surface area contributed by atoms with Gasteiger partial charge in [-0.15, -0.1) is 6.58 Å². The summed E-state index contributed by atoms with van der Waals surface area (Å²) in [5, 5.41) is 4.96. The third-order valence-corrected chi connectivity index (χ3v) is 15.4. The van der Waals surface area contributed by atoms with Crippen LogP contribution in [0.2, 0.25) is 18.1 Å². The Morgan fingerprint density at radius 2 is 1.16 bits per heavy atom. The number of nitrogens with two attached hydrogens (primary N) is 1. The van der Waals surface area contributed by atoms with E-state index in [2.05, 4.69) is 131 Å². The number of benzene rings is 3. The summed E-state index contributed by atoms with van der Waals surface area (Å²) in [6.45, 7) is 16.5. The van der Waals surface area contributed by atoms with Crippen LogP contribution >= 0.6 is 0 Å². The second kappa shape index (κ2) is 9.71. The third kappa shape index (κ3) is 4.74. The van der Waals surface area contributed by atoms with Gasteiger partial charge in [0.1, 0.15) is 8.07 Å². The van der Waals surface area contributed by atoms with E-state index < -0.39 is 16.4 Å². The van der Waals surface area contributed by atoms with Gasteiger partial charge in [-0.2, -0.15) is 0 Å². The molecule has 32 heavy (non-hydrogen) atoms. The fraction of sp³-hybridized carbons (Fsp3) is 0.286. The van der Waals surface area contributed by atoms with Gasteiger partial charge in [-0.05, 0) is 15.4 Å². The van der Waals surface area contributed by atoms with Crippen molar-refractivity contribution in [3.05, 3.63) is 103 Å². The van der Waals surface area contributed by atoms with Crippen molar-refractivity contribution in [2.24, 2.45) is 5.73 Å². The monoisotopic (exact) mass is 459 g/mol. The van der Waals surface area contributed by atoms with E-state index in [1.165, 1.54) is 15.6 Å². The maximum Gasteiger partial charge on any atom is 0.261 e. The molecule has 0 aliphatic carbocycles. The molecule has 1 atom stereocenters. The topological polar surface area (TPSA) is 35.2 Å². The number of rotatable bonds is 8. The molecule has 0 amide bonds. The Kier molecular flexibility index (Phi) is 7.40. The first-order chi connectivity index (χ1) is 15.1. The van der Waals surface area contributed by atoms with E-state index in [0.717, 1.165) is 5.20 Å².